The van der Waals surface area contributed by atoms with Gasteiger partial charge in [-0.1, -0.05) is 30.0 Å². The summed E-state index contributed by atoms with van der Waals surface area (Å²) >= 11 is 1.07. The minimum Gasteiger partial charge on any atom is -0.337 e. The fourth-order valence-corrected chi connectivity index (χ4v) is 3.29. The summed E-state index contributed by atoms with van der Waals surface area (Å²) in [5.41, 5.74) is -0.646. The average Bonchev–Trinajstić information content (AvgIpc) is 2.68. The van der Waals surface area contributed by atoms with E-state index in [-0.39, 0.29) is 34.8 Å². The van der Waals surface area contributed by atoms with E-state index in [1.807, 2.05) is 0 Å². The number of benzene rings is 1. The van der Waals surface area contributed by atoms with Gasteiger partial charge in [0.1, 0.15) is 0 Å². The molecule has 21 heavy (non-hydrogen) atoms. The normalized spacial score (nSPS) is 19.1. The molecule has 1 heterocycles. The second-order valence-electron chi connectivity index (χ2n) is 4.86. The molecule has 1 amide bonds. The highest BCUT2D eigenvalue weighted by atomic mass is 32.2. The molecular formula is C14H14F3NO2S. The van der Waals surface area contributed by atoms with Gasteiger partial charge in [0.25, 0.3) is 0 Å². The number of likely N-dealkylation sites (tertiary alicyclic amines) is 1. The quantitative estimate of drug-likeness (QED) is 0.860. The standard InChI is InChI=1S/C14H14F3NO2S/c1-9(19)21-11-6-13(20)18(8-11)7-10-4-2-3-5-12(10)14(15,16)17/h2-5,11H,6-8H2,1H3. The third kappa shape index (κ3) is 4.00. The number of alkyl halides is 3. The maximum atomic E-state index is 12.9. The van der Waals surface area contributed by atoms with Crippen LogP contribution in [-0.2, 0) is 22.3 Å². The fourth-order valence-electron chi connectivity index (χ4n) is 2.34. The van der Waals surface area contributed by atoms with Crippen LogP contribution in [0.25, 0.3) is 0 Å². The number of hydrogen-bond acceptors (Lipinski definition) is 3. The van der Waals surface area contributed by atoms with Crippen LogP contribution >= 0.6 is 11.8 Å². The van der Waals surface area contributed by atoms with Crippen LogP contribution in [-0.4, -0.2) is 27.7 Å². The van der Waals surface area contributed by atoms with Gasteiger partial charge >= 0.3 is 6.18 Å². The second kappa shape index (κ2) is 6.09. The van der Waals surface area contributed by atoms with Crippen molar-refractivity contribution in [3.8, 4) is 0 Å². The van der Waals surface area contributed by atoms with Crippen molar-refractivity contribution in [2.24, 2.45) is 0 Å². The molecule has 1 aromatic rings. The van der Waals surface area contributed by atoms with Crippen LogP contribution < -0.4 is 0 Å². The Morgan fingerprint density at radius 1 is 1.38 bits per heavy atom. The molecule has 1 aliphatic rings. The zero-order valence-electron chi connectivity index (χ0n) is 11.3. The topological polar surface area (TPSA) is 37.4 Å². The highest BCUT2D eigenvalue weighted by molar-refractivity contribution is 8.14. The lowest BCUT2D eigenvalue weighted by atomic mass is 10.1. The Morgan fingerprint density at radius 2 is 2.05 bits per heavy atom. The van der Waals surface area contributed by atoms with Crippen molar-refractivity contribution in [1.82, 2.24) is 4.90 Å². The van der Waals surface area contributed by atoms with Crippen LogP contribution in [0, 0.1) is 0 Å². The molecule has 0 spiro atoms. The Morgan fingerprint density at radius 3 is 2.67 bits per heavy atom. The Balaban J connectivity index is 2.13. The van der Waals surface area contributed by atoms with E-state index in [4.69, 9.17) is 0 Å². The molecular weight excluding hydrogens is 303 g/mol. The average molecular weight is 317 g/mol. The molecule has 0 saturated carbocycles. The maximum Gasteiger partial charge on any atom is 0.416 e. The predicted octanol–water partition coefficient (Wildman–Crippen LogP) is 3.09. The lowest BCUT2D eigenvalue weighted by molar-refractivity contribution is -0.139. The first kappa shape index (κ1) is 15.9. The number of nitrogens with zero attached hydrogens (tertiary/aromatic N) is 1. The van der Waals surface area contributed by atoms with Gasteiger partial charge in [-0.05, 0) is 11.6 Å². The lowest BCUT2D eigenvalue weighted by Gasteiger charge is -2.19. The van der Waals surface area contributed by atoms with Crippen molar-refractivity contribution in [1.29, 1.82) is 0 Å². The zero-order chi connectivity index (χ0) is 15.6. The van der Waals surface area contributed by atoms with Gasteiger partial charge in [0.2, 0.25) is 5.91 Å². The zero-order valence-corrected chi connectivity index (χ0v) is 12.1. The molecule has 1 aromatic carbocycles. The number of hydrogen-bond donors (Lipinski definition) is 0. The molecule has 3 nitrogen and oxygen atoms in total. The molecule has 0 bridgehead atoms. The van der Waals surface area contributed by atoms with Crippen molar-refractivity contribution in [2.45, 2.75) is 31.3 Å². The molecule has 114 valence electrons. The summed E-state index contributed by atoms with van der Waals surface area (Å²) in [7, 11) is 0. The molecule has 1 atom stereocenters. The summed E-state index contributed by atoms with van der Waals surface area (Å²) in [4.78, 5) is 24.3. The highest BCUT2D eigenvalue weighted by Gasteiger charge is 2.35. The molecule has 0 N–H and O–H groups in total. The van der Waals surface area contributed by atoms with E-state index in [1.54, 1.807) is 0 Å². The van der Waals surface area contributed by atoms with Crippen LogP contribution in [0.4, 0.5) is 13.2 Å². The van der Waals surface area contributed by atoms with E-state index >= 15 is 0 Å². The number of thioether (sulfide) groups is 1. The SMILES string of the molecule is CC(=O)SC1CC(=O)N(Cc2ccccc2C(F)(F)F)C1. The lowest BCUT2D eigenvalue weighted by Crippen LogP contribution is -2.26. The molecule has 1 fully saturated rings. The number of carbonyl (C=O) groups excluding carboxylic acids is 2. The number of amides is 1. The summed E-state index contributed by atoms with van der Waals surface area (Å²) in [6.45, 7) is 1.63. The summed E-state index contributed by atoms with van der Waals surface area (Å²) in [5, 5.41) is -0.265. The Kier molecular flexibility index (Phi) is 4.61. The van der Waals surface area contributed by atoms with Crippen LogP contribution in [0.5, 0.6) is 0 Å². The minimum absolute atomic E-state index is 0.0758. The summed E-state index contributed by atoms with van der Waals surface area (Å²) in [6, 6.07) is 5.23. The molecule has 1 unspecified atom stereocenters. The van der Waals surface area contributed by atoms with Gasteiger partial charge in [0.05, 0.1) is 5.56 Å². The van der Waals surface area contributed by atoms with Gasteiger partial charge in [-0.3, -0.25) is 9.59 Å². The van der Waals surface area contributed by atoms with Crippen molar-refractivity contribution >= 4 is 22.8 Å². The molecule has 1 aliphatic heterocycles. The van der Waals surface area contributed by atoms with Crippen LogP contribution in [0.3, 0.4) is 0 Å². The third-order valence-electron chi connectivity index (χ3n) is 3.20. The summed E-state index contributed by atoms with van der Waals surface area (Å²) in [6.07, 6.45) is -4.24. The van der Waals surface area contributed by atoms with Crippen molar-refractivity contribution < 1.29 is 22.8 Å². The first-order valence-corrected chi connectivity index (χ1v) is 7.25. The molecule has 2 rings (SSSR count). The minimum atomic E-state index is -4.44. The molecule has 0 aliphatic carbocycles. The molecule has 7 heteroatoms. The number of halogens is 3. The molecule has 0 aromatic heterocycles. The van der Waals surface area contributed by atoms with E-state index in [0.717, 1.165) is 17.8 Å². The van der Waals surface area contributed by atoms with Gasteiger partial charge < -0.3 is 4.90 Å². The van der Waals surface area contributed by atoms with Gasteiger partial charge in [0, 0.05) is 31.7 Å². The van der Waals surface area contributed by atoms with Crippen LogP contribution in [0.1, 0.15) is 24.5 Å². The second-order valence-corrected chi connectivity index (χ2v) is 6.34. The van der Waals surface area contributed by atoms with E-state index < -0.39 is 11.7 Å². The predicted molar refractivity (Wildman–Crippen MR) is 73.5 cm³/mol. The molecule has 1 saturated heterocycles. The first-order valence-electron chi connectivity index (χ1n) is 6.37. The number of rotatable bonds is 3. The molecule has 0 radical (unpaired) electrons. The van der Waals surface area contributed by atoms with E-state index in [9.17, 15) is 22.8 Å². The third-order valence-corrected chi connectivity index (χ3v) is 4.18. The van der Waals surface area contributed by atoms with Gasteiger partial charge in [-0.15, -0.1) is 0 Å². The van der Waals surface area contributed by atoms with E-state index in [1.165, 1.54) is 30.0 Å². The van der Waals surface area contributed by atoms with E-state index in [2.05, 4.69) is 0 Å². The Bertz CT molecular complexity index is 559. The van der Waals surface area contributed by atoms with Gasteiger partial charge in [-0.25, -0.2) is 0 Å². The highest BCUT2D eigenvalue weighted by Crippen LogP contribution is 2.33. The number of carbonyl (C=O) groups is 2. The van der Waals surface area contributed by atoms with Crippen molar-refractivity contribution in [3.05, 3.63) is 35.4 Å². The fraction of sp³-hybridized carbons (Fsp3) is 0.429. The largest absolute Gasteiger partial charge is 0.416 e. The van der Waals surface area contributed by atoms with Gasteiger partial charge in [0.15, 0.2) is 5.12 Å². The Hall–Kier alpha value is -1.50. The van der Waals surface area contributed by atoms with Crippen LogP contribution in [0.15, 0.2) is 24.3 Å². The summed E-state index contributed by atoms with van der Waals surface area (Å²) in [5.74, 6) is -0.217. The smallest absolute Gasteiger partial charge is 0.337 e. The summed E-state index contributed by atoms with van der Waals surface area (Å²) < 4.78 is 38.7. The van der Waals surface area contributed by atoms with Crippen molar-refractivity contribution in [3.63, 3.8) is 0 Å². The first-order chi connectivity index (χ1) is 9.77. The monoisotopic (exact) mass is 317 g/mol. The maximum absolute atomic E-state index is 12.9. The van der Waals surface area contributed by atoms with Crippen LogP contribution in [0.2, 0.25) is 0 Å². The Labute approximate surface area is 124 Å². The van der Waals surface area contributed by atoms with E-state index in [0.29, 0.717) is 6.54 Å². The van der Waals surface area contributed by atoms with Crippen molar-refractivity contribution in [2.75, 3.05) is 6.54 Å². The van der Waals surface area contributed by atoms with Gasteiger partial charge in [-0.2, -0.15) is 13.2 Å².